The Morgan fingerprint density at radius 3 is 2.46 bits per heavy atom. The maximum absolute atomic E-state index is 9.18. The van der Waals surface area contributed by atoms with Crippen molar-refractivity contribution < 1.29 is 5.11 Å². The van der Waals surface area contributed by atoms with E-state index in [2.05, 4.69) is 6.58 Å². The van der Waals surface area contributed by atoms with E-state index in [4.69, 9.17) is 5.73 Å². The summed E-state index contributed by atoms with van der Waals surface area (Å²) < 4.78 is 0. The first-order chi connectivity index (χ1) is 6.24. The molecule has 0 spiro atoms. The first kappa shape index (κ1) is 9.96. The average Bonchev–Trinajstić information content (AvgIpc) is 2.15. The van der Waals surface area contributed by atoms with Gasteiger partial charge in [0.25, 0.3) is 0 Å². The summed E-state index contributed by atoms with van der Waals surface area (Å²) in [6.07, 6.45) is 1.61. The zero-order valence-corrected chi connectivity index (χ0v) is 7.56. The minimum absolute atomic E-state index is 0.0672. The molecule has 2 heteroatoms. The van der Waals surface area contributed by atoms with Crippen LogP contribution in [0, 0.1) is 5.92 Å². The summed E-state index contributed by atoms with van der Waals surface area (Å²) in [5.74, 6) is -0.0672. The minimum atomic E-state index is -0.822. The van der Waals surface area contributed by atoms with Gasteiger partial charge in [0.2, 0.25) is 0 Å². The molecule has 0 aliphatic carbocycles. The van der Waals surface area contributed by atoms with Gasteiger partial charge in [-0.3, -0.25) is 0 Å². The van der Waals surface area contributed by atoms with E-state index < -0.39 is 6.23 Å². The van der Waals surface area contributed by atoms with E-state index in [1.54, 1.807) is 6.08 Å². The van der Waals surface area contributed by atoms with Crippen LogP contribution in [0.2, 0.25) is 0 Å². The van der Waals surface area contributed by atoms with Crippen LogP contribution in [0.25, 0.3) is 0 Å². The van der Waals surface area contributed by atoms with Gasteiger partial charge in [-0.05, 0) is 12.0 Å². The van der Waals surface area contributed by atoms with Crippen LogP contribution in [-0.4, -0.2) is 11.3 Å². The van der Waals surface area contributed by atoms with Gasteiger partial charge < -0.3 is 10.8 Å². The third kappa shape index (κ3) is 3.01. The maximum atomic E-state index is 9.18. The lowest BCUT2D eigenvalue weighted by Gasteiger charge is -2.14. The summed E-state index contributed by atoms with van der Waals surface area (Å²) >= 11 is 0. The molecule has 0 aliphatic rings. The summed E-state index contributed by atoms with van der Waals surface area (Å²) in [7, 11) is 0. The van der Waals surface area contributed by atoms with E-state index in [0.717, 1.165) is 12.0 Å². The zero-order chi connectivity index (χ0) is 9.68. The molecule has 0 amide bonds. The second-order valence-corrected chi connectivity index (χ2v) is 3.08. The van der Waals surface area contributed by atoms with Crippen LogP contribution in [0.5, 0.6) is 0 Å². The van der Waals surface area contributed by atoms with Crippen molar-refractivity contribution >= 4 is 0 Å². The Bertz CT molecular complexity index is 256. The Hall–Kier alpha value is -1.12. The highest BCUT2D eigenvalue weighted by Crippen LogP contribution is 2.10. The van der Waals surface area contributed by atoms with Gasteiger partial charge >= 0.3 is 0 Å². The lowest BCUT2D eigenvalue weighted by molar-refractivity contribution is 0.137. The Balaban J connectivity index is 2.62. The molecule has 0 aliphatic heterocycles. The molecule has 2 nitrogen and oxygen atoms in total. The Morgan fingerprint density at radius 2 is 2.00 bits per heavy atom. The fourth-order valence-corrected chi connectivity index (χ4v) is 1.23. The van der Waals surface area contributed by atoms with E-state index >= 15 is 0 Å². The predicted molar refractivity (Wildman–Crippen MR) is 54.0 cm³/mol. The van der Waals surface area contributed by atoms with Crippen molar-refractivity contribution in [2.24, 2.45) is 11.7 Å². The third-order valence-corrected chi connectivity index (χ3v) is 2.06. The molecule has 0 radical (unpaired) electrons. The fourth-order valence-electron chi connectivity index (χ4n) is 1.23. The summed E-state index contributed by atoms with van der Waals surface area (Å²) in [5.41, 5.74) is 6.54. The molecule has 2 unspecified atom stereocenters. The molecule has 0 saturated carbocycles. The van der Waals surface area contributed by atoms with Gasteiger partial charge in [0.05, 0.1) is 0 Å². The first-order valence-electron chi connectivity index (χ1n) is 4.34. The topological polar surface area (TPSA) is 46.2 Å². The van der Waals surface area contributed by atoms with E-state index in [1.165, 1.54) is 0 Å². The highest BCUT2D eigenvalue weighted by molar-refractivity contribution is 5.16. The van der Waals surface area contributed by atoms with Crippen LogP contribution < -0.4 is 5.73 Å². The monoisotopic (exact) mass is 177 g/mol. The summed E-state index contributed by atoms with van der Waals surface area (Å²) in [6, 6.07) is 9.93. The fraction of sp³-hybridized carbons (Fsp3) is 0.273. The smallest absolute Gasteiger partial charge is 0.109 e. The van der Waals surface area contributed by atoms with Crippen molar-refractivity contribution in [3.05, 3.63) is 48.6 Å². The normalized spacial score (nSPS) is 14.9. The van der Waals surface area contributed by atoms with Gasteiger partial charge in [-0.1, -0.05) is 36.4 Å². The summed E-state index contributed by atoms with van der Waals surface area (Å²) in [4.78, 5) is 0. The first-order valence-corrected chi connectivity index (χ1v) is 4.34. The van der Waals surface area contributed by atoms with Crippen molar-refractivity contribution in [2.45, 2.75) is 12.6 Å². The molecule has 1 rings (SSSR count). The molecular formula is C11H15NO. The molecule has 2 atom stereocenters. The number of nitrogens with two attached hydrogens (primary N) is 1. The highest BCUT2D eigenvalue weighted by Gasteiger charge is 2.11. The van der Waals surface area contributed by atoms with Crippen LogP contribution in [0.1, 0.15) is 5.56 Å². The minimum Gasteiger partial charge on any atom is -0.378 e. The molecule has 70 valence electrons. The van der Waals surface area contributed by atoms with Crippen LogP contribution in [0.15, 0.2) is 43.0 Å². The van der Waals surface area contributed by atoms with Crippen LogP contribution in [-0.2, 0) is 6.42 Å². The van der Waals surface area contributed by atoms with Crippen molar-refractivity contribution in [3.8, 4) is 0 Å². The van der Waals surface area contributed by atoms with Gasteiger partial charge in [0, 0.05) is 5.92 Å². The van der Waals surface area contributed by atoms with E-state index in [9.17, 15) is 5.11 Å². The molecule has 0 heterocycles. The Morgan fingerprint density at radius 1 is 1.38 bits per heavy atom. The highest BCUT2D eigenvalue weighted by atomic mass is 16.3. The Kier molecular flexibility index (Phi) is 3.68. The summed E-state index contributed by atoms with van der Waals surface area (Å²) in [6.45, 7) is 3.64. The van der Waals surface area contributed by atoms with E-state index in [-0.39, 0.29) is 5.92 Å². The molecule has 0 saturated heterocycles. The third-order valence-electron chi connectivity index (χ3n) is 2.06. The van der Waals surface area contributed by atoms with Crippen molar-refractivity contribution in [2.75, 3.05) is 0 Å². The molecule has 3 N–H and O–H groups in total. The van der Waals surface area contributed by atoms with Crippen molar-refractivity contribution in [3.63, 3.8) is 0 Å². The largest absolute Gasteiger partial charge is 0.378 e. The number of hydrogen-bond acceptors (Lipinski definition) is 2. The van der Waals surface area contributed by atoms with Gasteiger partial charge in [0.1, 0.15) is 6.23 Å². The van der Waals surface area contributed by atoms with E-state index in [1.807, 2.05) is 30.3 Å². The molecular weight excluding hydrogens is 162 g/mol. The van der Waals surface area contributed by atoms with Gasteiger partial charge in [0.15, 0.2) is 0 Å². The number of aliphatic hydroxyl groups is 1. The van der Waals surface area contributed by atoms with Crippen LogP contribution in [0.4, 0.5) is 0 Å². The molecule has 0 bridgehead atoms. The number of hydrogen-bond donors (Lipinski definition) is 2. The lowest BCUT2D eigenvalue weighted by Crippen LogP contribution is -2.29. The van der Waals surface area contributed by atoms with Gasteiger partial charge in [-0.2, -0.15) is 0 Å². The number of rotatable bonds is 4. The zero-order valence-electron chi connectivity index (χ0n) is 7.56. The number of benzene rings is 1. The standard InChI is InChI=1S/C11H15NO/c1-2-10(11(12)13)8-9-6-4-3-5-7-9/h2-7,10-11,13H,1,8,12H2. The van der Waals surface area contributed by atoms with Crippen LogP contribution >= 0.6 is 0 Å². The second kappa shape index (κ2) is 4.80. The van der Waals surface area contributed by atoms with Gasteiger partial charge in [-0.25, -0.2) is 0 Å². The quantitative estimate of drug-likeness (QED) is 0.538. The molecule has 0 fully saturated rings. The lowest BCUT2D eigenvalue weighted by atomic mass is 9.98. The van der Waals surface area contributed by atoms with Crippen molar-refractivity contribution in [1.29, 1.82) is 0 Å². The van der Waals surface area contributed by atoms with Gasteiger partial charge in [-0.15, -0.1) is 6.58 Å². The van der Waals surface area contributed by atoms with Crippen molar-refractivity contribution in [1.82, 2.24) is 0 Å². The van der Waals surface area contributed by atoms with E-state index in [0.29, 0.717) is 0 Å². The Labute approximate surface area is 78.7 Å². The van der Waals surface area contributed by atoms with Crippen LogP contribution in [0.3, 0.4) is 0 Å². The SMILES string of the molecule is C=CC(Cc1ccccc1)C(N)O. The molecule has 13 heavy (non-hydrogen) atoms. The molecule has 1 aromatic carbocycles. The second-order valence-electron chi connectivity index (χ2n) is 3.08. The molecule has 1 aromatic rings. The number of aliphatic hydroxyl groups excluding tert-OH is 1. The predicted octanol–water partition coefficient (Wildman–Crippen LogP) is 1.31. The maximum Gasteiger partial charge on any atom is 0.109 e. The molecule has 0 aromatic heterocycles. The summed E-state index contributed by atoms with van der Waals surface area (Å²) in [5, 5.41) is 9.18. The average molecular weight is 177 g/mol.